The van der Waals surface area contributed by atoms with Crippen molar-refractivity contribution >= 4 is 11.8 Å². The molecule has 0 aromatic heterocycles. The van der Waals surface area contributed by atoms with Crippen LogP contribution in [0.4, 0.5) is 10.5 Å². The van der Waals surface area contributed by atoms with Gasteiger partial charge in [0.1, 0.15) is 5.75 Å². The summed E-state index contributed by atoms with van der Waals surface area (Å²) in [6.45, 7) is 1.38. The lowest BCUT2D eigenvalue weighted by Gasteiger charge is -2.19. The molecule has 8 nitrogen and oxygen atoms in total. The van der Waals surface area contributed by atoms with Crippen molar-refractivity contribution in [3.05, 3.63) is 59.0 Å². The first kappa shape index (κ1) is 20.5. The van der Waals surface area contributed by atoms with E-state index in [0.29, 0.717) is 24.1 Å². The van der Waals surface area contributed by atoms with Gasteiger partial charge in [0.15, 0.2) is 6.73 Å². The lowest BCUT2D eigenvalue weighted by Crippen LogP contribution is -2.27. The number of benzene rings is 2. The van der Waals surface area contributed by atoms with Crippen LogP contribution < -0.4 is 10.1 Å². The number of hydrogen-bond acceptors (Lipinski definition) is 5. The summed E-state index contributed by atoms with van der Waals surface area (Å²) < 4.78 is 10.8. The Balaban J connectivity index is 1.66. The van der Waals surface area contributed by atoms with Crippen molar-refractivity contribution in [2.75, 3.05) is 32.2 Å². The average Bonchev–Trinajstić information content (AvgIpc) is 3.14. The Labute approximate surface area is 170 Å². The largest absolute Gasteiger partial charge is 0.487 e. The average molecular weight is 395 g/mol. The minimum absolute atomic E-state index is 0.102. The third kappa shape index (κ3) is 5.88. The lowest BCUT2D eigenvalue weighted by molar-refractivity contribution is 0.147. The van der Waals surface area contributed by atoms with Crippen LogP contribution in [-0.4, -0.2) is 44.0 Å². The van der Waals surface area contributed by atoms with Crippen LogP contribution in [0.2, 0.25) is 0 Å². The first-order valence-corrected chi connectivity index (χ1v) is 9.64. The summed E-state index contributed by atoms with van der Waals surface area (Å²) in [5, 5.41) is 6.20. The molecule has 0 bridgehead atoms. The number of hydrogen-bond donors (Lipinski definition) is 1. The molecule has 29 heavy (non-hydrogen) atoms. The Morgan fingerprint density at radius 3 is 2.86 bits per heavy atom. The van der Waals surface area contributed by atoms with Crippen LogP contribution in [-0.2, 0) is 4.74 Å². The number of nitrogens with zero attached hydrogens (tertiary/aromatic N) is 4. The number of azide groups is 1. The molecular formula is C21H25N5O3. The zero-order valence-corrected chi connectivity index (χ0v) is 16.5. The number of ether oxygens (including phenoxy) is 2. The highest BCUT2D eigenvalue weighted by Crippen LogP contribution is 2.32. The molecule has 1 amide bonds. The van der Waals surface area contributed by atoms with Gasteiger partial charge in [-0.15, -0.1) is 0 Å². The van der Waals surface area contributed by atoms with E-state index in [9.17, 15) is 4.79 Å². The van der Waals surface area contributed by atoms with E-state index in [1.807, 2.05) is 30.3 Å². The van der Waals surface area contributed by atoms with Gasteiger partial charge in [0.25, 0.3) is 0 Å². The van der Waals surface area contributed by atoms with Crippen molar-refractivity contribution < 1.29 is 14.3 Å². The van der Waals surface area contributed by atoms with E-state index in [4.69, 9.17) is 15.0 Å². The Morgan fingerprint density at radius 1 is 1.31 bits per heavy atom. The summed E-state index contributed by atoms with van der Waals surface area (Å²) in [6, 6.07) is 15.4. The molecule has 3 rings (SSSR count). The molecule has 1 N–H and O–H groups in total. The van der Waals surface area contributed by atoms with Gasteiger partial charge in [-0.25, -0.2) is 4.79 Å². The first-order chi connectivity index (χ1) is 14.2. The summed E-state index contributed by atoms with van der Waals surface area (Å²) in [7, 11) is 2.11. The van der Waals surface area contributed by atoms with Crippen molar-refractivity contribution in [1.29, 1.82) is 0 Å². The number of carbonyl (C=O) groups is 1. The fourth-order valence-electron chi connectivity index (χ4n) is 3.49. The molecule has 0 spiro atoms. The normalized spacial score (nSPS) is 16.1. The van der Waals surface area contributed by atoms with E-state index >= 15 is 0 Å². The third-order valence-electron chi connectivity index (χ3n) is 5.02. The van der Waals surface area contributed by atoms with E-state index in [0.717, 1.165) is 30.5 Å². The van der Waals surface area contributed by atoms with Crippen LogP contribution in [0.1, 0.15) is 19.3 Å². The topological polar surface area (TPSA) is 99.6 Å². The maximum absolute atomic E-state index is 12.3. The first-order valence-electron chi connectivity index (χ1n) is 9.64. The molecule has 2 aromatic rings. The van der Waals surface area contributed by atoms with E-state index in [2.05, 4.69) is 27.3 Å². The van der Waals surface area contributed by atoms with Gasteiger partial charge in [-0.05, 0) is 62.1 Å². The summed E-state index contributed by atoms with van der Waals surface area (Å²) in [4.78, 5) is 17.3. The molecule has 0 aliphatic carbocycles. The lowest BCUT2D eigenvalue weighted by atomic mass is 10.0. The predicted octanol–water partition coefficient (Wildman–Crippen LogP) is 5.03. The fraction of sp³-hybridized carbons (Fsp3) is 0.381. The van der Waals surface area contributed by atoms with Crippen LogP contribution in [0, 0.1) is 0 Å². The molecular weight excluding hydrogens is 370 g/mol. The van der Waals surface area contributed by atoms with Gasteiger partial charge >= 0.3 is 6.09 Å². The van der Waals surface area contributed by atoms with Gasteiger partial charge in [0.2, 0.25) is 0 Å². The Morgan fingerprint density at radius 2 is 2.14 bits per heavy atom. The molecule has 1 fully saturated rings. The summed E-state index contributed by atoms with van der Waals surface area (Å²) in [5.74, 6) is 0.541. The number of nitrogens with one attached hydrogen (secondary N) is 1. The van der Waals surface area contributed by atoms with E-state index in [1.165, 1.54) is 6.42 Å². The maximum atomic E-state index is 12.3. The zero-order valence-electron chi connectivity index (χ0n) is 16.5. The smallest absolute Gasteiger partial charge is 0.411 e. The monoisotopic (exact) mass is 395 g/mol. The Kier molecular flexibility index (Phi) is 7.33. The quantitative estimate of drug-likeness (QED) is 0.385. The second-order valence-corrected chi connectivity index (χ2v) is 6.90. The summed E-state index contributed by atoms with van der Waals surface area (Å²) in [5.41, 5.74) is 10.7. The molecule has 152 valence electrons. The Hall–Kier alpha value is -3.22. The van der Waals surface area contributed by atoms with Gasteiger partial charge < -0.3 is 14.4 Å². The van der Waals surface area contributed by atoms with Crippen molar-refractivity contribution in [3.63, 3.8) is 0 Å². The second kappa shape index (κ2) is 10.4. The molecule has 1 heterocycles. The van der Waals surface area contributed by atoms with Crippen molar-refractivity contribution in [1.82, 2.24) is 4.90 Å². The van der Waals surface area contributed by atoms with E-state index in [-0.39, 0.29) is 6.73 Å². The van der Waals surface area contributed by atoms with Gasteiger partial charge in [0.05, 0.1) is 12.3 Å². The van der Waals surface area contributed by atoms with Crippen LogP contribution in [0.25, 0.3) is 21.6 Å². The summed E-state index contributed by atoms with van der Waals surface area (Å²) >= 11 is 0. The zero-order chi connectivity index (χ0) is 20.5. The molecule has 1 aliphatic heterocycles. The van der Waals surface area contributed by atoms with Crippen LogP contribution in [0.5, 0.6) is 5.75 Å². The van der Waals surface area contributed by atoms with Gasteiger partial charge in [-0.2, -0.15) is 0 Å². The SMILES string of the molecule is CN1CCCC1CCOC(=O)Nc1ccc(OCN=[N+]=[N-])cc1-c1ccccc1. The maximum Gasteiger partial charge on any atom is 0.411 e. The minimum atomic E-state index is -0.481. The molecule has 8 heteroatoms. The highest BCUT2D eigenvalue weighted by Gasteiger charge is 2.21. The second-order valence-electron chi connectivity index (χ2n) is 6.90. The van der Waals surface area contributed by atoms with Crippen LogP contribution in [0.15, 0.2) is 53.6 Å². The number of carbonyl (C=O) groups excluding carboxylic acids is 1. The van der Waals surface area contributed by atoms with Crippen molar-refractivity contribution in [2.24, 2.45) is 5.11 Å². The van der Waals surface area contributed by atoms with E-state index < -0.39 is 6.09 Å². The highest BCUT2D eigenvalue weighted by molar-refractivity contribution is 5.92. The van der Waals surface area contributed by atoms with Gasteiger partial charge in [-0.1, -0.05) is 35.4 Å². The number of anilines is 1. The molecule has 1 saturated heterocycles. The molecule has 1 aliphatic rings. The third-order valence-corrected chi connectivity index (χ3v) is 5.02. The van der Waals surface area contributed by atoms with Gasteiger partial charge in [-0.3, -0.25) is 5.32 Å². The van der Waals surface area contributed by atoms with E-state index in [1.54, 1.807) is 18.2 Å². The highest BCUT2D eigenvalue weighted by atomic mass is 16.5. The van der Waals surface area contributed by atoms with Crippen molar-refractivity contribution in [3.8, 4) is 16.9 Å². The molecule has 1 atom stereocenters. The number of rotatable bonds is 8. The number of amides is 1. The molecule has 0 radical (unpaired) electrons. The molecule has 1 unspecified atom stereocenters. The fourth-order valence-corrected chi connectivity index (χ4v) is 3.49. The standard InChI is InChI=1S/C21H25N5O3/c1-26-12-5-8-17(26)11-13-28-21(27)24-20-10-9-18(29-15-23-25-22)14-19(20)16-6-3-2-4-7-16/h2-4,6-7,9-10,14,17H,5,8,11-13,15H2,1H3,(H,24,27). The summed E-state index contributed by atoms with van der Waals surface area (Å²) in [6.07, 6.45) is 2.70. The molecule has 0 saturated carbocycles. The Bertz CT molecular complexity index is 868. The van der Waals surface area contributed by atoms with Crippen LogP contribution >= 0.6 is 0 Å². The van der Waals surface area contributed by atoms with Gasteiger partial charge in [0, 0.05) is 16.5 Å². The predicted molar refractivity (Wildman–Crippen MR) is 112 cm³/mol. The van der Waals surface area contributed by atoms with Crippen molar-refractivity contribution in [2.45, 2.75) is 25.3 Å². The molecule has 2 aromatic carbocycles. The minimum Gasteiger partial charge on any atom is -0.487 e. The van der Waals surface area contributed by atoms with Crippen LogP contribution in [0.3, 0.4) is 0 Å². The number of likely N-dealkylation sites (tertiary alicyclic amines) is 1.